The molecule has 246 valence electrons. The van der Waals surface area contributed by atoms with E-state index in [0.29, 0.717) is 5.75 Å². The summed E-state index contributed by atoms with van der Waals surface area (Å²) < 4.78 is 15.0. The zero-order chi connectivity index (χ0) is 34.4. The zero-order valence-electron chi connectivity index (χ0n) is 28.2. The first-order valence-electron chi connectivity index (χ1n) is 17.5. The van der Waals surface area contributed by atoms with Gasteiger partial charge in [-0.2, -0.15) is 0 Å². The molecule has 0 amide bonds. The smallest absolute Gasteiger partial charge is 0.172 e. The minimum absolute atomic E-state index is 0.705. The maximum absolute atomic E-state index is 6.35. The molecule has 1 aromatic heterocycles. The average Bonchev–Trinajstić information content (AvgIpc) is 3.53. The van der Waals surface area contributed by atoms with Gasteiger partial charge in [0.05, 0.1) is 11.0 Å². The number of hydrogen-bond donors (Lipinski definition) is 0. The Morgan fingerprint density at radius 2 is 0.769 bits per heavy atom. The number of aromatic nitrogens is 1. The molecule has 0 fully saturated rings. The summed E-state index contributed by atoms with van der Waals surface area (Å²) in [6.45, 7) is 0. The van der Waals surface area contributed by atoms with Crippen LogP contribution in [0.4, 0.5) is 17.1 Å². The van der Waals surface area contributed by atoms with E-state index in [1.807, 2.05) is 24.3 Å². The van der Waals surface area contributed by atoms with E-state index in [1.54, 1.807) is 0 Å². The first-order chi connectivity index (χ1) is 25.8. The van der Waals surface area contributed by atoms with Gasteiger partial charge in [0.15, 0.2) is 23.0 Å². The number of hydrogen-bond acceptors (Lipinski definition) is 3. The molecule has 0 N–H and O–H groups in total. The van der Waals surface area contributed by atoms with E-state index in [9.17, 15) is 0 Å². The van der Waals surface area contributed by atoms with Gasteiger partial charge in [0.25, 0.3) is 0 Å². The molecule has 0 aliphatic carbocycles. The van der Waals surface area contributed by atoms with E-state index in [1.165, 1.54) is 22.3 Å². The van der Waals surface area contributed by atoms with Crippen LogP contribution < -0.4 is 14.4 Å². The van der Waals surface area contributed by atoms with Gasteiger partial charge in [0.2, 0.25) is 0 Å². The number of nitrogens with zero attached hydrogens (tertiary/aromatic N) is 2. The highest BCUT2D eigenvalue weighted by Gasteiger charge is 2.23. The van der Waals surface area contributed by atoms with Gasteiger partial charge in [0.1, 0.15) is 0 Å². The Balaban J connectivity index is 1.07. The molecule has 1 aliphatic rings. The molecule has 0 atom stereocenters. The maximum atomic E-state index is 6.35. The number of rotatable bonds is 6. The summed E-state index contributed by atoms with van der Waals surface area (Å²) in [5.74, 6) is 2.87. The Kier molecular flexibility index (Phi) is 7.10. The normalized spacial score (nSPS) is 11.8. The Hall–Kier alpha value is -7.04. The van der Waals surface area contributed by atoms with E-state index in [0.717, 1.165) is 61.8 Å². The predicted molar refractivity (Wildman–Crippen MR) is 213 cm³/mol. The summed E-state index contributed by atoms with van der Waals surface area (Å²) in [4.78, 5) is 2.32. The fourth-order valence-electron chi connectivity index (χ4n) is 7.33. The fourth-order valence-corrected chi connectivity index (χ4v) is 7.33. The summed E-state index contributed by atoms with van der Waals surface area (Å²) in [6.07, 6.45) is 0. The van der Waals surface area contributed by atoms with Crippen LogP contribution in [0.3, 0.4) is 0 Å². The third kappa shape index (κ3) is 5.17. The van der Waals surface area contributed by atoms with Gasteiger partial charge in [-0.05, 0) is 95.1 Å². The second-order valence-corrected chi connectivity index (χ2v) is 13.0. The van der Waals surface area contributed by atoms with E-state index in [2.05, 4.69) is 179 Å². The van der Waals surface area contributed by atoms with Crippen molar-refractivity contribution in [2.24, 2.45) is 0 Å². The van der Waals surface area contributed by atoms with Gasteiger partial charge in [-0.1, -0.05) is 115 Å². The molecule has 52 heavy (non-hydrogen) atoms. The molecule has 0 saturated carbocycles. The third-order valence-electron chi connectivity index (χ3n) is 9.86. The van der Waals surface area contributed by atoms with Crippen LogP contribution >= 0.6 is 0 Å². The molecule has 0 spiro atoms. The predicted octanol–water partition coefficient (Wildman–Crippen LogP) is 13.5. The van der Waals surface area contributed by atoms with Crippen molar-refractivity contribution in [2.75, 3.05) is 4.90 Å². The number of anilines is 3. The van der Waals surface area contributed by atoms with Crippen molar-refractivity contribution in [2.45, 2.75) is 0 Å². The molecular weight excluding hydrogens is 637 g/mol. The van der Waals surface area contributed by atoms with Crippen LogP contribution in [-0.2, 0) is 0 Å². The standard InChI is InChI=1S/C48H32N2O2/c1-3-11-33(12-4-1)35-19-23-37(24-20-35)49(38-25-21-36(22-26-38)34-13-5-2-6-14-34)39-27-29-40(30-28-39)50-43-16-8-7-15-41(43)42-31-47-48(32-44(42)50)52-46-18-10-9-17-45(46)51-47/h1-32H. The molecule has 4 nitrogen and oxygen atoms in total. The number of fused-ring (bicyclic) bond motifs is 5. The summed E-state index contributed by atoms with van der Waals surface area (Å²) in [5.41, 5.74) is 11.2. The lowest BCUT2D eigenvalue weighted by Crippen LogP contribution is -2.10. The van der Waals surface area contributed by atoms with Crippen molar-refractivity contribution < 1.29 is 9.47 Å². The summed E-state index contributed by atoms with van der Waals surface area (Å²) in [5, 5.41) is 2.27. The van der Waals surface area contributed by atoms with Crippen LogP contribution in [0.25, 0.3) is 49.7 Å². The van der Waals surface area contributed by atoms with Gasteiger partial charge in [-0.25, -0.2) is 0 Å². The highest BCUT2D eigenvalue weighted by molar-refractivity contribution is 6.10. The lowest BCUT2D eigenvalue weighted by molar-refractivity contribution is 0.360. The van der Waals surface area contributed by atoms with Crippen LogP contribution in [0.2, 0.25) is 0 Å². The molecule has 10 rings (SSSR count). The quantitative estimate of drug-likeness (QED) is 0.176. The van der Waals surface area contributed by atoms with Gasteiger partial charge in [-0.15, -0.1) is 0 Å². The minimum Gasteiger partial charge on any atom is -0.449 e. The second-order valence-electron chi connectivity index (χ2n) is 13.0. The number of para-hydroxylation sites is 3. The molecule has 9 aromatic rings. The molecule has 0 bridgehead atoms. The molecule has 8 aromatic carbocycles. The Morgan fingerprint density at radius 1 is 0.327 bits per heavy atom. The van der Waals surface area contributed by atoms with Gasteiger partial charge in [0, 0.05) is 39.6 Å². The SMILES string of the molecule is c1ccc(-c2ccc(N(c3ccc(-c4ccccc4)cc3)c3ccc(-n4c5ccccc5c5cc6c(cc54)Oc4ccccc4O6)cc3)cc2)cc1. The first kappa shape index (κ1) is 29.8. The van der Waals surface area contributed by atoms with Crippen LogP contribution in [-0.4, -0.2) is 4.57 Å². The van der Waals surface area contributed by atoms with E-state index < -0.39 is 0 Å². The van der Waals surface area contributed by atoms with Crippen molar-refractivity contribution in [3.63, 3.8) is 0 Å². The molecule has 2 heterocycles. The summed E-state index contributed by atoms with van der Waals surface area (Å²) in [6, 6.07) is 68.0. The van der Waals surface area contributed by atoms with Crippen molar-refractivity contribution in [1.82, 2.24) is 4.57 Å². The summed E-state index contributed by atoms with van der Waals surface area (Å²) in [7, 11) is 0. The Bertz CT molecular complexity index is 2620. The first-order valence-corrected chi connectivity index (χ1v) is 17.5. The van der Waals surface area contributed by atoms with Crippen LogP contribution in [0.5, 0.6) is 23.0 Å². The Morgan fingerprint density at radius 3 is 1.33 bits per heavy atom. The maximum Gasteiger partial charge on any atom is 0.172 e. The largest absolute Gasteiger partial charge is 0.449 e. The zero-order valence-corrected chi connectivity index (χ0v) is 28.2. The van der Waals surface area contributed by atoms with Crippen LogP contribution in [0.1, 0.15) is 0 Å². The fraction of sp³-hybridized carbons (Fsp3) is 0. The lowest BCUT2D eigenvalue weighted by Gasteiger charge is -2.26. The van der Waals surface area contributed by atoms with Crippen molar-refractivity contribution >= 4 is 38.9 Å². The van der Waals surface area contributed by atoms with Crippen molar-refractivity contribution in [3.05, 3.63) is 194 Å². The monoisotopic (exact) mass is 668 g/mol. The number of benzene rings is 8. The van der Waals surface area contributed by atoms with Gasteiger partial charge in [-0.3, -0.25) is 0 Å². The van der Waals surface area contributed by atoms with Crippen LogP contribution in [0, 0.1) is 0 Å². The number of ether oxygens (including phenoxy) is 2. The average molecular weight is 669 g/mol. The molecule has 0 saturated heterocycles. The summed E-state index contributed by atoms with van der Waals surface area (Å²) >= 11 is 0. The second kappa shape index (κ2) is 12.4. The van der Waals surface area contributed by atoms with Crippen molar-refractivity contribution in [3.8, 4) is 50.9 Å². The topological polar surface area (TPSA) is 26.6 Å². The molecular formula is C48H32N2O2. The molecule has 0 unspecified atom stereocenters. The molecule has 0 radical (unpaired) electrons. The highest BCUT2D eigenvalue weighted by atomic mass is 16.6. The lowest BCUT2D eigenvalue weighted by atomic mass is 10.0. The van der Waals surface area contributed by atoms with E-state index >= 15 is 0 Å². The van der Waals surface area contributed by atoms with Gasteiger partial charge >= 0.3 is 0 Å². The van der Waals surface area contributed by atoms with Crippen LogP contribution in [0.15, 0.2) is 194 Å². The van der Waals surface area contributed by atoms with Crippen molar-refractivity contribution in [1.29, 1.82) is 0 Å². The highest BCUT2D eigenvalue weighted by Crippen LogP contribution is 2.48. The van der Waals surface area contributed by atoms with Gasteiger partial charge < -0.3 is 18.9 Å². The van der Waals surface area contributed by atoms with E-state index in [-0.39, 0.29) is 0 Å². The molecule has 4 heteroatoms. The minimum atomic E-state index is 0.705. The van der Waals surface area contributed by atoms with E-state index in [4.69, 9.17) is 9.47 Å². The Labute approximate surface area is 302 Å². The third-order valence-corrected chi connectivity index (χ3v) is 9.86. The molecule has 1 aliphatic heterocycles.